The van der Waals surface area contributed by atoms with Gasteiger partial charge in [0.2, 0.25) is 5.91 Å². The third-order valence-electron chi connectivity index (χ3n) is 2.49. The van der Waals surface area contributed by atoms with Gasteiger partial charge in [0.1, 0.15) is 6.54 Å². The number of hydrogen-bond donors (Lipinski definition) is 1. The molecule has 1 N–H and O–H groups in total. The fourth-order valence-corrected chi connectivity index (χ4v) is 1.73. The van der Waals surface area contributed by atoms with Crippen LogP contribution < -0.4 is 0 Å². The maximum absolute atomic E-state index is 11.7. The molecular formula is C9H16N2O3. The molecule has 0 aromatic carbocycles. The van der Waals surface area contributed by atoms with Crippen molar-refractivity contribution in [1.82, 2.24) is 9.80 Å². The predicted octanol–water partition coefficient (Wildman–Crippen LogP) is -0.519. The van der Waals surface area contributed by atoms with Crippen LogP contribution in [0, 0.1) is 5.92 Å². The van der Waals surface area contributed by atoms with Crippen molar-refractivity contribution in [3.63, 3.8) is 0 Å². The van der Waals surface area contributed by atoms with E-state index in [1.54, 1.807) is 0 Å². The average Bonchev–Trinajstić information content (AvgIpc) is 2.49. The summed E-state index contributed by atoms with van der Waals surface area (Å²) >= 11 is 0. The molecule has 0 bridgehead atoms. The highest BCUT2D eigenvalue weighted by Gasteiger charge is 2.28. The Balaban J connectivity index is 2.44. The summed E-state index contributed by atoms with van der Waals surface area (Å²) in [4.78, 5) is 25.4. The molecule has 0 aliphatic carbocycles. The van der Waals surface area contributed by atoms with Crippen molar-refractivity contribution in [2.24, 2.45) is 5.92 Å². The van der Waals surface area contributed by atoms with Crippen molar-refractivity contribution >= 4 is 11.9 Å². The Kier molecular flexibility index (Phi) is 3.46. The first-order chi connectivity index (χ1) is 6.50. The second-order valence-corrected chi connectivity index (χ2v) is 3.84. The monoisotopic (exact) mass is 200 g/mol. The molecule has 1 heterocycles. The normalized spacial score (nSPS) is 22.3. The zero-order valence-corrected chi connectivity index (χ0v) is 8.56. The molecule has 1 aliphatic rings. The lowest BCUT2D eigenvalue weighted by atomic mass is 10.1. The largest absolute Gasteiger partial charge is 0.480 e. The van der Waals surface area contributed by atoms with Gasteiger partial charge in [-0.1, -0.05) is 0 Å². The van der Waals surface area contributed by atoms with Crippen LogP contribution in [0.1, 0.15) is 6.42 Å². The van der Waals surface area contributed by atoms with E-state index in [9.17, 15) is 9.59 Å². The van der Waals surface area contributed by atoms with E-state index in [-0.39, 0.29) is 18.4 Å². The minimum Gasteiger partial charge on any atom is -0.480 e. The molecule has 1 atom stereocenters. The second kappa shape index (κ2) is 4.41. The Morgan fingerprint density at radius 2 is 2.21 bits per heavy atom. The maximum Gasteiger partial charge on any atom is 0.323 e. The van der Waals surface area contributed by atoms with E-state index in [4.69, 9.17) is 5.11 Å². The fourth-order valence-electron chi connectivity index (χ4n) is 1.73. The molecule has 1 amide bonds. The molecule has 0 aromatic heterocycles. The first kappa shape index (κ1) is 11.0. The van der Waals surface area contributed by atoms with E-state index in [1.165, 1.54) is 11.9 Å². The van der Waals surface area contributed by atoms with E-state index in [0.717, 1.165) is 19.5 Å². The summed E-state index contributed by atoms with van der Waals surface area (Å²) in [6, 6.07) is 0. The Morgan fingerprint density at radius 1 is 1.57 bits per heavy atom. The van der Waals surface area contributed by atoms with Crippen LogP contribution in [-0.2, 0) is 9.59 Å². The third kappa shape index (κ3) is 2.70. The topological polar surface area (TPSA) is 60.9 Å². The van der Waals surface area contributed by atoms with Gasteiger partial charge in [-0.05, 0) is 20.0 Å². The Hall–Kier alpha value is -1.10. The van der Waals surface area contributed by atoms with E-state index in [1.807, 2.05) is 7.05 Å². The molecule has 1 unspecified atom stereocenters. The number of hydrogen-bond acceptors (Lipinski definition) is 3. The minimum absolute atomic E-state index is 0.0238. The van der Waals surface area contributed by atoms with Crippen LogP contribution in [0.5, 0.6) is 0 Å². The molecule has 1 aliphatic heterocycles. The predicted molar refractivity (Wildman–Crippen MR) is 50.9 cm³/mol. The number of amides is 1. The van der Waals surface area contributed by atoms with Gasteiger partial charge in [0.25, 0.3) is 0 Å². The second-order valence-electron chi connectivity index (χ2n) is 3.84. The van der Waals surface area contributed by atoms with E-state index in [0.29, 0.717) is 0 Å². The first-order valence-electron chi connectivity index (χ1n) is 4.66. The number of carboxylic acids is 1. The van der Waals surface area contributed by atoms with Gasteiger partial charge < -0.3 is 14.9 Å². The van der Waals surface area contributed by atoms with Gasteiger partial charge in [0.05, 0.1) is 5.92 Å². The Morgan fingerprint density at radius 3 is 2.64 bits per heavy atom. The zero-order chi connectivity index (χ0) is 10.7. The molecule has 0 spiro atoms. The first-order valence-corrected chi connectivity index (χ1v) is 4.66. The van der Waals surface area contributed by atoms with Crippen LogP contribution in [0.15, 0.2) is 0 Å². The van der Waals surface area contributed by atoms with Crippen molar-refractivity contribution in [2.75, 3.05) is 33.7 Å². The number of rotatable bonds is 3. The summed E-state index contributed by atoms with van der Waals surface area (Å²) in [6.45, 7) is 1.44. The number of carbonyl (C=O) groups is 2. The highest BCUT2D eigenvalue weighted by atomic mass is 16.4. The van der Waals surface area contributed by atoms with Crippen molar-refractivity contribution in [3.8, 4) is 0 Å². The Bertz CT molecular complexity index is 242. The third-order valence-corrected chi connectivity index (χ3v) is 2.49. The average molecular weight is 200 g/mol. The number of carboxylic acid groups (broad SMARTS) is 1. The molecule has 1 saturated heterocycles. The Labute approximate surface area is 83.3 Å². The molecule has 5 heteroatoms. The molecule has 0 saturated carbocycles. The highest BCUT2D eigenvalue weighted by Crippen LogP contribution is 2.16. The standard InChI is InChI=1S/C9H16N2O3/c1-10-4-3-7(5-10)9(14)11(2)6-8(12)13/h7H,3-6H2,1-2H3,(H,12,13). The summed E-state index contributed by atoms with van der Waals surface area (Å²) in [5.41, 5.74) is 0. The van der Waals surface area contributed by atoms with E-state index >= 15 is 0 Å². The quantitative estimate of drug-likeness (QED) is 0.666. The molecule has 0 radical (unpaired) electrons. The number of aliphatic carboxylic acids is 1. The lowest BCUT2D eigenvalue weighted by Gasteiger charge is -2.18. The van der Waals surface area contributed by atoms with Crippen molar-refractivity contribution in [3.05, 3.63) is 0 Å². The summed E-state index contributed by atoms with van der Waals surface area (Å²) in [6.07, 6.45) is 0.833. The number of carbonyl (C=O) groups excluding carboxylic acids is 1. The van der Waals surface area contributed by atoms with Gasteiger partial charge in [-0.3, -0.25) is 9.59 Å². The lowest BCUT2D eigenvalue weighted by Crippen LogP contribution is -2.37. The summed E-state index contributed by atoms with van der Waals surface area (Å²) in [5, 5.41) is 8.52. The van der Waals surface area contributed by atoms with Gasteiger partial charge in [-0.15, -0.1) is 0 Å². The maximum atomic E-state index is 11.7. The van der Waals surface area contributed by atoms with Crippen LogP contribution in [0.4, 0.5) is 0 Å². The van der Waals surface area contributed by atoms with E-state index in [2.05, 4.69) is 4.90 Å². The van der Waals surface area contributed by atoms with Crippen LogP contribution in [0.2, 0.25) is 0 Å². The van der Waals surface area contributed by atoms with Crippen LogP contribution >= 0.6 is 0 Å². The molecular weight excluding hydrogens is 184 g/mol. The number of likely N-dealkylation sites (N-methyl/N-ethyl adjacent to an activating group) is 1. The molecule has 5 nitrogen and oxygen atoms in total. The van der Waals surface area contributed by atoms with Gasteiger partial charge >= 0.3 is 5.97 Å². The minimum atomic E-state index is -0.966. The lowest BCUT2D eigenvalue weighted by molar-refractivity contribution is -0.144. The van der Waals surface area contributed by atoms with Crippen LogP contribution in [-0.4, -0.2) is 60.5 Å². The van der Waals surface area contributed by atoms with Crippen molar-refractivity contribution < 1.29 is 14.7 Å². The fraction of sp³-hybridized carbons (Fsp3) is 0.778. The zero-order valence-electron chi connectivity index (χ0n) is 8.56. The SMILES string of the molecule is CN1CCC(C(=O)N(C)CC(=O)O)C1. The van der Waals surface area contributed by atoms with Gasteiger partial charge in [0, 0.05) is 13.6 Å². The molecule has 14 heavy (non-hydrogen) atoms. The number of nitrogens with zero attached hydrogens (tertiary/aromatic N) is 2. The summed E-state index contributed by atoms with van der Waals surface area (Å²) in [7, 11) is 3.50. The highest BCUT2D eigenvalue weighted by molar-refractivity contribution is 5.83. The van der Waals surface area contributed by atoms with Crippen molar-refractivity contribution in [1.29, 1.82) is 0 Å². The van der Waals surface area contributed by atoms with Gasteiger partial charge in [-0.2, -0.15) is 0 Å². The van der Waals surface area contributed by atoms with Crippen LogP contribution in [0.3, 0.4) is 0 Å². The molecule has 1 fully saturated rings. The smallest absolute Gasteiger partial charge is 0.323 e. The summed E-state index contributed by atoms with van der Waals surface area (Å²) < 4.78 is 0. The number of likely N-dealkylation sites (tertiary alicyclic amines) is 1. The summed E-state index contributed by atoms with van der Waals surface area (Å²) in [5.74, 6) is -1.05. The van der Waals surface area contributed by atoms with Crippen LogP contribution in [0.25, 0.3) is 0 Å². The van der Waals surface area contributed by atoms with Gasteiger partial charge in [-0.25, -0.2) is 0 Å². The van der Waals surface area contributed by atoms with Crippen molar-refractivity contribution in [2.45, 2.75) is 6.42 Å². The molecule has 1 rings (SSSR count). The molecule has 80 valence electrons. The molecule has 0 aromatic rings. The van der Waals surface area contributed by atoms with Gasteiger partial charge in [0.15, 0.2) is 0 Å². The van der Waals surface area contributed by atoms with E-state index < -0.39 is 5.97 Å².